The lowest BCUT2D eigenvalue weighted by Crippen LogP contribution is -2.19. The first-order valence-electron chi connectivity index (χ1n) is 9.10. The summed E-state index contributed by atoms with van der Waals surface area (Å²) >= 11 is 0. The number of nitrogens with one attached hydrogen (secondary N) is 1. The fourth-order valence-corrected chi connectivity index (χ4v) is 2.87. The number of esters is 1. The van der Waals surface area contributed by atoms with Crippen LogP contribution in [-0.2, 0) is 19.4 Å². The SMILES string of the molecule is CCOC(=O)CNc1nc(S(C)(=O)=O)nc(Oc2cc(C#N)cc(OCC)c2)c1[N+](=O)[O-]. The van der Waals surface area contributed by atoms with Crippen molar-refractivity contribution in [1.29, 1.82) is 5.26 Å². The minimum absolute atomic E-state index is 0.0647. The zero-order valence-corrected chi connectivity index (χ0v) is 18.1. The number of nitrogens with zero attached hydrogens (tertiary/aromatic N) is 4. The van der Waals surface area contributed by atoms with Crippen molar-refractivity contribution in [3.05, 3.63) is 33.9 Å². The van der Waals surface area contributed by atoms with Gasteiger partial charge in [0, 0.05) is 12.3 Å². The molecule has 0 aliphatic carbocycles. The monoisotopic (exact) mass is 465 g/mol. The van der Waals surface area contributed by atoms with Gasteiger partial charge in [0.2, 0.25) is 15.7 Å². The Balaban J connectivity index is 2.61. The summed E-state index contributed by atoms with van der Waals surface area (Å²) in [5.41, 5.74) is -0.686. The van der Waals surface area contributed by atoms with E-state index in [0.29, 0.717) is 0 Å². The van der Waals surface area contributed by atoms with Crippen LogP contribution in [-0.4, -0.2) is 55.3 Å². The summed E-state index contributed by atoms with van der Waals surface area (Å²) in [7, 11) is -4.02. The third-order valence-electron chi connectivity index (χ3n) is 3.59. The first-order chi connectivity index (χ1) is 15.1. The maximum Gasteiger partial charge on any atom is 0.373 e. The number of nitriles is 1. The van der Waals surface area contributed by atoms with Crippen molar-refractivity contribution in [3.63, 3.8) is 0 Å². The van der Waals surface area contributed by atoms with Crippen LogP contribution in [0.2, 0.25) is 0 Å². The Morgan fingerprint density at radius 3 is 2.47 bits per heavy atom. The highest BCUT2D eigenvalue weighted by Crippen LogP contribution is 2.37. The summed E-state index contributed by atoms with van der Waals surface area (Å²) in [5.74, 6) is -1.83. The van der Waals surface area contributed by atoms with Crippen LogP contribution in [0.15, 0.2) is 23.4 Å². The maximum absolute atomic E-state index is 12.0. The summed E-state index contributed by atoms with van der Waals surface area (Å²) < 4.78 is 39.6. The maximum atomic E-state index is 12.0. The topological polar surface area (TPSA) is 184 Å². The van der Waals surface area contributed by atoms with Crippen LogP contribution < -0.4 is 14.8 Å². The van der Waals surface area contributed by atoms with Crippen LogP contribution in [0.5, 0.6) is 17.4 Å². The van der Waals surface area contributed by atoms with E-state index in [0.717, 1.165) is 6.26 Å². The largest absolute Gasteiger partial charge is 0.494 e. The Labute approximate surface area is 183 Å². The van der Waals surface area contributed by atoms with E-state index in [1.54, 1.807) is 13.8 Å². The van der Waals surface area contributed by atoms with Crippen molar-refractivity contribution < 1.29 is 32.3 Å². The molecule has 13 nitrogen and oxygen atoms in total. The third-order valence-corrected chi connectivity index (χ3v) is 4.43. The lowest BCUT2D eigenvalue weighted by molar-refractivity contribution is -0.385. The van der Waals surface area contributed by atoms with Gasteiger partial charge in [0.25, 0.3) is 5.16 Å². The highest BCUT2D eigenvalue weighted by Gasteiger charge is 2.30. The first-order valence-corrected chi connectivity index (χ1v) is 11.0. The Kier molecular flexibility index (Phi) is 7.86. The second-order valence-corrected chi connectivity index (χ2v) is 7.95. The molecule has 2 rings (SSSR count). The third kappa shape index (κ3) is 6.25. The van der Waals surface area contributed by atoms with Crippen LogP contribution in [0.4, 0.5) is 11.5 Å². The van der Waals surface area contributed by atoms with E-state index in [9.17, 15) is 28.6 Å². The van der Waals surface area contributed by atoms with E-state index < -0.39 is 49.8 Å². The lowest BCUT2D eigenvalue weighted by Gasteiger charge is -2.12. The van der Waals surface area contributed by atoms with E-state index in [2.05, 4.69) is 15.3 Å². The molecule has 0 amide bonds. The summed E-state index contributed by atoms with van der Waals surface area (Å²) in [6, 6.07) is 5.94. The summed E-state index contributed by atoms with van der Waals surface area (Å²) in [6.45, 7) is 3.13. The molecule has 1 aromatic heterocycles. The number of rotatable bonds is 10. The Bertz CT molecular complexity index is 1180. The molecule has 170 valence electrons. The molecule has 1 N–H and O–H groups in total. The van der Waals surface area contributed by atoms with E-state index in [4.69, 9.17) is 14.2 Å². The average molecular weight is 465 g/mol. The van der Waals surface area contributed by atoms with Crippen LogP contribution in [0.1, 0.15) is 19.4 Å². The number of hydrogen-bond donors (Lipinski definition) is 1. The van der Waals surface area contributed by atoms with E-state index in [-0.39, 0.29) is 30.3 Å². The first kappa shape index (κ1) is 24.3. The molecule has 1 heterocycles. The van der Waals surface area contributed by atoms with Crippen LogP contribution in [0.25, 0.3) is 0 Å². The second-order valence-electron chi connectivity index (χ2n) is 6.04. The molecule has 0 bridgehead atoms. The molecular formula is C18H19N5O8S. The van der Waals surface area contributed by atoms with E-state index in [1.165, 1.54) is 18.2 Å². The fourth-order valence-electron chi connectivity index (χ4n) is 2.36. The van der Waals surface area contributed by atoms with E-state index >= 15 is 0 Å². The number of hydrogen-bond acceptors (Lipinski definition) is 12. The molecular weight excluding hydrogens is 446 g/mol. The van der Waals surface area contributed by atoms with Gasteiger partial charge in [0.05, 0.1) is 29.8 Å². The molecule has 14 heteroatoms. The van der Waals surface area contributed by atoms with Gasteiger partial charge in [-0.3, -0.25) is 14.9 Å². The number of ether oxygens (including phenoxy) is 3. The van der Waals surface area contributed by atoms with Crippen molar-refractivity contribution in [1.82, 2.24) is 9.97 Å². The molecule has 0 atom stereocenters. The Hall–Kier alpha value is -3.99. The molecule has 0 radical (unpaired) electrons. The van der Waals surface area contributed by atoms with Crippen molar-refractivity contribution in [2.24, 2.45) is 0 Å². The summed E-state index contributed by atoms with van der Waals surface area (Å²) in [5, 5.41) is 22.5. The van der Waals surface area contributed by atoms with Crippen LogP contribution in [0, 0.1) is 21.4 Å². The standard InChI is InChI=1S/C18H19N5O8S/c1-4-29-12-6-11(9-19)7-13(8-12)31-17-15(23(25)26)16(20-10-14(24)30-5-2)21-18(22-17)32(3,27)28/h6-8H,4-5,10H2,1-3H3,(H,20,21,22). The predicted octanol–water partition coefficient (Wildman–Crippen LogP) is 1.83. The van der Waals surface area contributed by atoms with Crippen molar-refractivity contribution in [3.8, 4) is 23.4 Å². The van der Waals surface area contributed by atoms with Crippen molar-refractivity contribution in [2.75, 3.05) is 31.3 Å². The molecule has 1 aromatic carbocycles. The molecule has 32 heavy (non-hydrogen) atoms. The zero-order chi connectivity index (χ0) is 23.9. The lowest BCUT2D eigenvalue weighted by atomic mass is 10.2. The molecule has 0 saturated heterocycles. The number of sulfone groups is 1. The second kappa shape index (κ2) is 10.4. The van der Waals surface area contributed by atoms with Crippen molar-refractivity contribution in [2.45, 2.75) is 19.0 Å². The van der Waals surface area contributed by atoms with Crippen molar-refractivity contribution >= 4 is 27.3 Å². The average Bonchev–Trinajstić information content (AvgIpc) is 2.71. The molecule has 0 saturated carbocycles. The molecule has 2 aromatic rings. The van der Waals surface area contributed by atoms with Crippen LogP contribution >= 0.6 is 0 Å². The predicted molar refractivity (Wildman–Crippen MR) is 109 cm³/mol. The van der Waals surface area contributed by atoms with Gasteiger partial charge in [0.15, 0.2) is 0 Å². The van der Waals surface area contributed by atoms with Crippen LogP contribution in [0.3, 0.4) is 0 Å². The minimum atomic E-state index is -4.02. The number of nitro groups is 1. The van der Waals surface area contributed by atoms with Gasteiger partial charge in [-0.15, -0.1) is 0 Å². The highest BCUT2D eigenvalue weighted by molar-refractivity contribution is 7.90. The minimum Gasteiger partial charge on any atom is -0.494 e. The number of carbonyl (C=O) groups excluding carboxylic acids is 1. The fraction of sp³-hybridized carbons (Fsp3) is 0.333. The van der Waals surface area contributed by atoms with Gasteiger partial charge in [-0.2, -0.15) is 15.2 Å². The quantitative estimate of drug-likeness (QED) is 0.233. The molecule has 0 fully saturated rings. The number of carbonyl (C=O) groups is 1. The summed E-state index contributed by atoms with van der Waals surface area (Å²) in [4.78, 5) is 29.8. The summed E-state index contributed by atoms with van der Waals surface area (Å²) in [6.07, 6.45) is 0.802. The zero-order valence-electron chi connectivity index (χ0n) is 17.3. The Morgan fingerprint density at radius 1 is 1.22 bits per heavy atom. The van der Waals surface area contributed by atoms with Gasteiger partial charge in [-0.1, -0.05) is 0 Å². The Morgan fingerprint density at radius 2 is 1.91 bits per heavy atom. The van der Waals surface area contributed by atoms with Gasteiger partial charge in [-0.05, 0) is 26.0 Å². The molecule has 0 spiro atoms. The molecule has 0 unspecified atom stereocenters. The normalized spacial score (nSPS) is 10.7. The molecule has 0 aliphatic heterocycles. The molecule has 0 aliphatic rings. The van der Waals surface area contributed by atoms with Gasteiger partial charge >= 0.3 is 17.5 Å². The van der Waals surface area contributed by atoms with Gasteiger partial charge in [0.1, 0.15) is 18.0 Å². The van der Waals surface area contributed by atoms with Gasteiger partial charge < -0.3 is 19.5 Å². The highest BCUT2D eigenvalue weighted by atomic mass is 32.2. The number of benzene rings is 1. The smallest absolute Gasteiger partial charge is 0.373 e. The number of aromatic nitrogens is 2. The van der Waals surface area contributed by atoms with E-state index in [1.807, 2.05) is 6.07 Å². The number of anilines is 1. The van der Waals surface area contributed by atoms with Gasteiger partial charge in [-0.25, -0.2) is 8.42 Å².